The molecule has 140 valence electrons. The minimum Gasteiger partial charge on any atom is -0.356 e. The zero-order chi connectivity index (χ0) is 18.1. The number of thioether (sulfide) groups is 1. The molecule has 1 fully saturated rings. The normalized spacial score (nSPS) is 16.3. The minimum atomic E-state index is -0.224. The number of rotatable bonds is 7. The number of nitrogens with zero attached hydrogens (tertiary/aromatic N) is 3. The zero-order valence-corrected chi connectivity index (χ0v) is 16.7. The monoisotopic (exact) mass is 386 g/mol. The van der Waals surface area contributed by atoms with Gasteiger partial charge in [-0.2, -0.15) is 11.8 Å². The Labute approximate surface area is 159 Å². The van der Waals surface area contributed by atoms with Crippen LogP contribution >= 0.6 is 23.4 Å². The van der Waals surface area contributed by atoms with Crippen molar-refractivity contribution in [3.05, 3.63) is 34.6 Å². The van der Waals surface area contributed by atoms with Crippen molar-refractivity contribution in [2.24, 2.45) is 4.99 Å². The maximum atomic E-state index is 13.9. The maximum Gasteiger partial charge on any atom is 0.193 e. The maximum absolute atomic E-state index is 13.9. The molecule has 1 aliphatic rings. The molecule has 0 radical (unpaired) electrons. The highest BCUT2D eigenvalue weighted by Crippen LogP contribution is 2.21. The highest BCUT2D eigenvalue weighted by Gasteiger charge is 2.21. The van der Waals surface area contributed by atoms with Gasteiger partial charge in [0.15, 0.2) is 5.96 Å². The number of piperazine rings is 1. The fourth-order valence-corrected chi connectivity index (χ4v) is 3.64. The Bertz CT molecular complexity index is 542. The first-order valence-corrected chi connectivity index (χ1v) is 10.5. The quantitative estimate of drug-likeness (QED) is 0.442. The highest BCUT2D eigenvalue weighted by atomic mass is 35.5. The molecule has 1 aromatic rings. The smallest absolute Gasteiger partial charge is 0.193 e. The van der Waals surface area contributed by atoms with E-state index < -0.39 is 0 Å². The van der Waals surface area contributed by atoms with Crippen LogP contribution in [0.2, 0.25) is 5.02 Å². The van der Waals surface area contributed by atoms with E-state index in [9.17, 15) is 4.39 Å². The molecule has 0 amide bonds. The van der Waals surface area contributed by atoms with E-state index >= 15 is 0 Å². The predicted octanol–water partition coefficient (Wildman–Crippen LogP) is 3.32. The van der Waals surface area contributed by atoms with Crippen LogP contribution in [0.1, 0.15) is 18.4 Å². The molecule has 1 aliphatic heterocycles. The van der Waals surface area contributed by atoms with E-state index in [1.807, 2.05) is 18.8 Å². The Morgan fingerprint density at radius 2 is 2.04 bits per heavy atom. The van der Waals surface area contributed by atoms with Crippen LogP contribution in [-0.4, -0.2) is 67.5 Å². The van der Waals surface area contributed by atoms with Crippen molar-refractivity contribution in [1.82, 2.24) is 15.1 Å². The summed E-state index contributed by atoms with van der Waals surface area (Å²) in [6.45, 7) is 5.03. The molecule has 0 saturated carbocycles. The molecule has 2 rings (SSSR count). The van der Waals surface area contributed by atoms with Crippen LogP contribution in [0, 0.1) is 5.82 Å². The average Bonchev–Trinajstić information content (AvgIpc) is 2.62. The van der Waals surface area contributed by atoms with Crippen LogP contribution in [0.3, 0.4) is 0 Å². The van der Waals surface area contributed by atoms with Gasteiger partial charge >= 0.3 is 0 Å². The summed E-state index contributed by atoms with van der Waals surface area (Å²) >= 11 is 8.02. The van der Waals surface area contributed by atoms with Crippen LogP contribution < -0.4 is 5.32 Å². The van der Waals surface area contributed by atoms with E-state index in [-0.39, 0.29) is 5.82 Å². The van der Waals surface area contributed by atoms with E-state index in [4.69, 9.17) is 11.6 Å². The Morgan fingerprint density at radius 3 is 2.68 bits per heavy atom. The highest BCUT2D eigenvalue weighted by molar-refractivity contribution is 7.98. The van der Waals surface area contributed by atoms with Crippen molar-refractivity contribution in [2.75, 3.05) is 51.8 Å². The van der Waals surface area contributed by atoms with Crippen molar-refractivity contribution in [1.29, 1.82) is 0 Å². The van der Waals surface area contributed by atoms with Gasteiger partial charge in [0.2, 0.25) is 0 Å². The summed E-state index contributed by atoms with van der Waals surface area (Å²) in [5.74, 6) is 1.95. The average molecular weight is 387 g/mol. The van der Waals surface area contributed by atoms with Crippen molar-refractivity contribution in [3.8, 4) is 0 Å². The number of halogens is 2. The molecule has 0 aromatic heterocycles. The molecular formula is C18H28ClFN4S. The third-order valence-electron chi connectivity index (χ3n) is 4.39. The lowest BCUT2D eigenvalue weighted by Crippen LogP contribution is -2.52. The third-order valence-corrected chi connectivity index (χ3v) is 5.44. The van der Waals surface area contributed by atoms with E-state index in [0.29, 0.717) is 17.1 Å². The summed E-state index contributed by atoms with van der Waals surface area (Å²) in [5.41, 5.74) is 0.592. The molecule has 1 N–H and O–H groups in total. The minimum absolute atomic E-state index is 0.224. The summed E-state index contributed by atoms with van der Waals surface area (Å²) in [6.07, 6.45) is 4.52. The van der Waals surface area contributed by atoms with Gasteiger partial charge in [-0.05, 0) is 37.0 Å². The number of benzene rings is 1. The molecule has 0 spiro atoms. The number of unbranched alkanes of at least 4 members (excludes halogenated alkanes) is 1. The molecule has 0 aliphatic carbocycles. The van der Waals surface area contributed by atoms with Gasteiger partial charge in [-0.25, -0.2) is 4.39 Å². The molecule has 0 unspecified atom stereocenters. The van der Waals surface area contributed by atoms with Gasteiger partial charge in [-0.15, -0.1) is 0 Å². The topological polar surface area (TPSA) is 30.9 Å². The molecule has 1 aromatic carbocycles. The van der Waals surface area contributed by atoms with Gasteiger partial charge in [-0.1, -0.05) is 17.7 Å². The van der Waals surface area contributed by atoms with Crippen LogP contribution in [0.4, 0.5) is 4.39 Å². The number of aliphatic imine (C=N–C) groups is 1. The molecule has 0 bridgehead atoms. The fraction of sp³-hybridized carbons (Fsp3) is 0.611. The van der Waals surface area contributed by atoms with Gasteiger partial charge in [0.1, 0.15) is 5.82 Å². The number of hydrogen-bond donors (Lipinski definition) is 1. The second-order valence-electron chi connectivity index (χ2n) is 6.14. The van der Waals surface area contributed by atoms with Gasteiger partial charge in [0.25, 0.3) is 0 Å². The summed E-state index contributed by atoms with van der Waals surface area (Å²) in [4.78, 5) is 8.91. The largest absolute Gasteiger partial charge is 0.356 e. The summed E-state index contributed by atoms with van der Waals surface area (Å²) in [7, 11) is 1.83. The first kappa shape index (κ1) is 20.3. The Balaban J connectivity index is 1.78. The molecule has 1 heterocycles. The molecule has 7 heteroatoms. The van der Waals surface area contributed by atoms with Crippen molar-refractivity contribution < 1.29 is 4.39 Å². The van der Waals surface area contributed by atoms with Crippen molar-refractivity contribution >= 4 is 29.3 Å². The first-order valence-electron chi connectivity index (χ1n) is 8.75. The fourth-order valence-electron chi connectivity index (χ4n) is 2.93. The lowest BCUT2D eigenvalue weighted by molar-refractivity contribution is 0.171. The van der Waals surface area contributed by atoms with Gasteiger partial charge in [0.05, 0.1) is 0 Å². The molecule has 0 atom stereocenters. The number of nitrogens with one attached hydrogen (secondary N) is 1. The van der Waals surface area contributed by atoms with Crippen LogP contribution in [0.5, 0.6) is 0 Å². The van der Waals surface area contributed by atoms with Crippen LogP contribution in [-0.2, 0) is 6.54 Å². The standard InChI is InChI=1S/C18H28ClFN4S/c1-21-18(22-8-3-4-13-25-2)24-11-9-23(10-12-24)14-15-16(19)6-5-7-17(15)20/h5-7H,3-4,8-14H2,1-2H3,(H,21,22). The van der Waals surface area contributed by atoms with Crippen molar-refractivity contribution in [3.63, 3.8) is 0 Å². The second-order valence-corrected chi connectivity index (χ2v) is 7.53. The van der Waals surface area contributed by atoms with E-state index in [2.05, 4.69) is 26.4 Å². The predicted molar refractivity (Wildman–Crippen MR) is 107 cm³/mol. The van der Waals surface area contributed by atoms with Gasteiger partial charge in [0, 0.05) is 56.9 Å². The molecule has 1 saturated heterocycles. The van der Waals surface area contributed by atoms with E-state index in [0.717, 1.165) is 45.1 Å². The number of guanidine groups is 1. The van der Waals surface area contributed by atoms with Crippen LogP contribution in [0.15, 0.2) is 23.2 Å². The second kappa shape index (κ2) is 10.9. The van der Waals surface area contributed by atoms with Gasteiger partial charge in [-0.3, -0.25) is 9.89 Å². The first-order chi connectivity index (χ1) is 12.2. The number of hydrogen-bond acceptors (Lipinski definition) is 3. The summed E-state index contributed by atoms with van der Waals surface area (Å²) in [6, 6.07) is 4.87. The summed E-state index contributed by atoms with van der Waals surface area (Å²) in [5, 5.41) is 3.95. The summed E-state index contributed by atoms with van der Waals surface area (Å²) < 4.78 is 13.9. The Hall–Kier alpha value is -0.980. The SMILES string of the molecule is CN=C(NCCCCSC)N1CCN(Cc2c(F)cccc2Cl)CC1. The molecular weight excluding hydrogens is 359 g/mol. The molecule has 25 heavy (non-hydrogen) atoms. The Morgan fingerprint density at radius 1 is 1.28 bits per heavy atom. The third kappa shape index (κ3) is 6.35. The lowest BCUT2D eigenvalue weighted by Gasteiger charge is -2.36. The van der Waals surface area contributed by atoms with E-state index in [1.54, 1.807) is 12.1 Å². The Kier molecular flexibility index (Phi) is 8.85. The lowest BCUT2D eigenvalue weighted by atomic mass is 10.2. The van der Waals surface area contributed by atoms with E-state index in [1.165, 1.54) is 18.2 Å². The zero-order valence-electron chi connectivity index (χ0n) is 15.1. The van der Waals surface area contributed by atoms with Gasteiger partial charge < -0.3 is 10.2 Å². The van der Waals surface area contributed by atoms with Crippen LogP contribution in [0.25, 0.3) is 0 Å². The van der Waals surface area contributed by atoms with Crippen molar-refractivity contribution in [2.45, 2.75) is 19.4 Å². The molecule has 4 nitrogen and oxygen atoms in total.